The van der Waals surface area contributed by atoms with Crippen molar-refractivity contribution in [1.29, 1.82) is 0 Å². The van der Waals surface area contributed by atoms with Crippen molar-refractivity contribution in [3.8, 4) is 5.69 Å². The second kappa shape index (κ2) is 8.52. The lowest BCUT2D eigenvalue weighted by atomic mass is 10.1. The third kappa shape index (κ3) is 4.28. The zero-order valence-corrected chi connectivity index (χ0v) is 16.1. The summed E-state index contributed by atoms with van der Waals surface area (Å²) in [5.74, 6) is -0.722. The first kappa shape index (κ1) is 19.4. The van der Waals surface area contributed by atoms with E-state index in [9.17, 15) is 9.59 Å². The molecule has 6 heteroatoms. The number of para-hydroxylation sites is 1. The molecule has 0 saturated heterocycles. The van der Waals surface area contributed by atoms with E-state index in [4.69, 9.17) is 4.74 Å². The van der Waals surface area contributed by atoms with Crippen molar-refractivity contribution in [3.05, 3.63) is 82.7 Å². The number of hydrogen-bond donors (Lipinski definition) is 0. The Balaban J connectivity index is 1.64. The van der Waals surface area contributed by atoms with Gasteiger partial charge in [-0.15, -0.1) is 0 Å². The molecule has 0 spiro atoms. The van der Waals surface area contributed by atoms with Crippen LogP contribution in [0.25, 0.3) is 5.69 Å². The monoisotopic (exact) mass is 378 g/mol. The second-order valence-electron chi connectivity index (χ2n) is 6.42. The van der Waals surface area contributed by atoms with Crippen LogP contribution in [0.15, 0.2) is 54.6 Å². The Labute approximate surface area is 163 Å². The average molecular weight is 378 g/mol. The lowest BCUT2D eigenvalue weighted by Gasteiger charge is -2.07. The fourth-order valence-corrected chi connectivity index (χ4v) is 2.97. The van der Waals surface area contributed by atoms with Crippen LogP contribution in [0.4, 0.5) is 0 Å². The third-order valence-electron chi connectivity index (χ3n) is 4.54. The highest BCUT2D eigenvalue weighted by atomic mass is 16.5. The Kier molecular flexibility index (Phi) is 5.89. The van der Waals surface area contributed by atoms with Gasteiger partial charge in [0.2, 0.25) is 0 Å². The lowest BCUT2D eigenvalue weighted by Crippen LogP contribution is -2.10. The van der Waals surface area contributed by atoms with E-state index in [1.54, 1.807) is 24.3 Å². The molecule has 0 aliphatic rings. The highest BCUT2D eigenvalue weighted by Crippen LogP contribution is 2.19. The van der Waals surface area contributed by atoms with Crippen molar-refractivity contribution in [1.82, 2.24) is 9.78 Å². The zero-order chi connectivity index (χ0) is 20.1. The average Bonchev–Trinajstić information content (AvgIpc) is 3.01. The van der Waals surface area contributed by atoms with Gasteiger partial charge in [-0.25, -0.2) is 9.48 Å². The van der Waals surface area contributed by atoms with Gasteiger partial charge in [0.05, 0.1) is 30.5 Å². The Bertz CT molecular complexity index is 976. The van der Waals surface area contributed by atoms with Crippen LogP contribution in [0.2, 0.25) is 0 Å². The molecule has 144 valence electrons. The van der Waals surface area contributed by atoms with Gasteiger partial charge in [0.25, 0.3) is 0 Å². The molecule has 0 radical (unpaired) electrons. The molecule has 0 aliphatic heterocycles. The third-order valence-corrected chi connectivity index (χ3v) is 4.54. The predicted molar refractivity (Wildman–Crippen MR) is 104 cm³/mol. The maximum atomic E-state index is 12.3. The molecule has 0 N–H and O–H groups in total. The zero-order valence-electron chi connectivity index (χ0n) is 16.1. The fraction of sp³-hybridized carbons (Fsp3) is 0.227. The Hall–Kier alpha value is -3.41. The molecule has 0 fully saturated rings. The largest absolute Gasteiger partial charge is 0.465 e. The van der Waals surface area contributed by atoms with Crippen LogP contribution in [-0.4, -0.2) is 28.8 Å². The number of aromatic nitrogens is 2. The summed E-state index contributed by atoms with van der Waals surface area (Å²) in [6.07, 6.45) is 0.157. The highest BCUT2D eigenvalue weighted by molar-refractivity contribution is 5.89. The number of methoxy groups -OCH3 is 1. The molecular formula is C22H22N2O4. The molecule has 3 aromatic rings. The topological polar surface area (TPSA) is 70.4 Å². The summed E-state index contributed by atoms with van der Waals surface area (Å²) >= 11 is 0. The van der Waals surface area contributed by atoms with Gasteiger partial charge in [0.1, 0.15) is 6.61 Å². The number of ether oxygens (including phenoxy) is 2. The van der Waals surface area contributed by atoms with Gasteiger partial charge in [0.15, 0.2) is 0 Å². The van der Waals surface area contributed by atoms with Gasteiger partial charge in [0, 0.05) is 11.3 Å². The number of carbonyl (C=O) groups is 2. The SMILES string of the molecule is COC(=O)c1ccc(COC(=O)Cc2c(C)nn(-c3ccccc3)c2C)cc1. The molecule has 0 bridgehead atoms. The smallest absolute Gasteiger partial charge is 0.337 e. The number of rotatable bonds is 6. The van der Waals surface area contributed by atoms with Gasteiger partial charge in [-0.3, -0.25) is 4.79 Å². The van der Waals surface area contributed by atoms with Crippen LogP contribution in [0, 0.1) is 13.8 Å². The summed E-state index contributed by atoms with van der Waals surface area (Å²) in [6, 6.07) is 16.6. The predicted octanol–water partition coefficient (Wildman–Crippen LogP) is 3.56. The van der Waals surface area contributed by atoms with Crippen molar-refractivity contribution in [2.24, 2.45) is 0 Å². The number of esters is 2. The van der Waals surface area contributed by atoms with E-state index in [0.29, 0.717) is 5.56 Å². The molecular weight excluding hydrogens is 356 g/mol. The van der Waals surface area contributed by atoms with Gasteiger partial charge in [-0.05, 0) is 43.7 Å². The molecule has 28 heavy (non-hydrogen) atoms. The Morgan fingerprint density at radius 1 is 1.00 bits per heavy atom. The van der Waals surface area contributed by atoms with Gasteiger partial charge < -0.3 is 9.47 Å². The summed E-state index contributed by atoms with van der Waals surface area (Å²) < 4.78 is 11.9. The van der Waals surface area contributed by atoms with E-state index in [1.165, 1.54) is 7.11 Å². The van der Waals surface area contributed by atoms with Crippen LogP contribution in [-0.2, 0) is 27.3 Å². The van der Waals surface area contributed by atoms with Gasteiger partial charge in [-0.2, -0.15) is 5.10 Å². The van der Waals surface area contributed by atoms with Gasteiger partial charge >= 0.3 is 11.9 Å². The van der Waals surface area contributed by atoms with Crippen LogP contribution >= 0.6 is 0 Å². The molecule has 0 atom stereocenters. The van der Waals surface area contributed by atoms with Crippen molar-refractivity contribution >= 4 is 11.9 Å². The number of aryl methyl sites for hydroxylation is 1. The number of nitrogens with zero attached hydrogens (tertiary/aromatic N) is 2. The second-order valence-corrected chi connectivity index (χ2v) is 6.42. The minimum atomic E-state index is -0.398. The fourth-order valence-electron chi connectivity index (χ4n) is 2.97. The van der Waals surface area contributed by atoms with Crippen molar-refractivity contribution in [2.45, 2.75) is 26.9 Å². The van der Waals surface area contributed by atoms with E-state index in [-0.39, 0.29) is 19.0 Å². The van der Waals surface area contributed by atoms with Crippen molar-refractivity contribution in [3.63, 3.8) is 0 Å². The number of benzene rings is 2. The molecule has 1 aromatic heterocycles. The van der Waals surface area contributed by atoms with E-state index in [1.807, 2.05) is 48.9 Å². The first-order chi connectivity index (χ1) is 13.5. The van der Waals surface area contributed by atoms with Crippen LogP contribution in [0.5, 0.6) is 0 Å². The summed E-state index contributed by atoms with van der Waals surface area (Å²) in [5, 5.41) is 4.55. The summed E-state index contributed by atoms with van der Waals surface area (Å²) in [5.41, 5.74) is 4.80. The maximum absolute atomic E-state index is 12.3. The van der Waals surface area contributed by atoms with E-state index in [0.717, 1.165) is 28.2 Å². The number of carbonyl (C=O) groups excluding carboxylic acids is 2. The number of hydrogen-bond acceptors (Lipinski definition) is 5. The van der Waals surface area contributed by atoms with E-state index >= 15 is 0 Å². The summed E-state index contributed by atoms with van der Waals surface area (Å²) in [6.45, 7) is 3.98. The molecule has 0 saturated carbocycles. The Morgan fingerprint density at radius 3 is 2.32 bits per heavy atom. The summed E-state index contributed by atoms with van der Waals surface area (Å²) in [7, 11) is 1.34. The molecule has 0 amide bonds. The van der Waals surface area contributed by atoms with Crippen molar-refractivity contribution < 1.29 is 19.1 Å². The minimum Gasteiger partial charge on any atom is -0.465 e. The molecule has 0 aliphatic carbocycles. The lowest BCUT2D eigenvalue weighted by molar-refractivity contribution is -0.144. The quantitative estimate of drug-likeness (QED) is 0.614. The maximum Gasteiger partial charge on any atom is 0.337 e. The molecule has 3 rings (SSSR count). The van der Waals surface area contributed by atoms with E-state index in [2.05, 4.69) is 9.84 Å². The van der Waals surface area contributed by atoms with Crippen LogP contribution in [0.1, 0.15) is 32.9 Å². The molecule has 1 heterocycles. The van der Waals surface area contributed by atoms with E-state index < -0.39 is 5.97 Å². The standard InChI is InChI=1S/C22H22N2O4/c1-15-20(16(2)24(23-15)19-7-5-4-6-8-19)13-21(25)28-14-17-9-11-18(12-10-17)22(26)27-3/h4-12H,13-14H2,1-3H3. The molecule has 2 aromatic carbocycles. The molecule has 0 unspecified atom stereocenters. The Morgan fingerprint density at radius 2 is 1.68 bits per heavy atom. The van der Waals surface area contributed by atoms with Crippen LogP contribution in [0.3, 0.4) is 0 Å². The highest BCUT2D eigenvalue weighted by Gasteiger charge is 2.17. The van der Waals surface area contributed by atoms with Crippen molar-refractivity contribution in [2.75, 3.05) is 7.11 Å². The van der Waals surface area contributed by atoms with Gasteiger partial charge in [-0.1, -0.05) is 30.3 Å². The first-order valence-electron chi connectivity index (χ1n) is 8.93. The summed E-state index contributed by atoms with van der Waals surface area (Å²) in [4.78, 5) is 23.8. The molecule has 6 nitrogen and oxygen atoms in total. The minimum absolute atomic E-state index is 0.144. The normalized spacial score (nSPS) is 10.5. The first-order valence-corrected chi connectivity index (χ1v) is 8.93. The van der Waals surface area contributed by atoms with Crippen LogP contribution < -0.4 is 0 Å².